The predicted octanol–water partition coefficient (Wildman–Crippen LogP) is 2.16. The summed E-state index contributed by atoms with van der Waals surface area (Å²) in [5.41, 5.74) is 6.52. The minimum absolute atomic E-state index is 0.231. The first-order chi connectivity index (χ1) is 6.52. The summed E-state index contributed by atoms with van der Waals surface area (Å²) in [4.78, 5) is 7.45. The number of aromatic amines is 1. The van der Waals surface area contributed by atoms with Gasteiger partial charge in [0.2, 0.25) is 0 Å². The zero-order chi connectivity index (χ0) is 10.2. The summed E-state index contributed by atoms with van der Waals surface area (Å²) < 4.78 is 0. The third-order valence-corrected chi connectivity index (χ3v) is 3.24. The number of hydrogen-bond acceptors (Lipinski definition) is 2. The molecule has 14 heavy (non-hydrogen) atoms. The first kappa shape index (κ1) is 9.71. The van der Waals surface area contributed by atoms with Gasteiger partial charge in [-0.3, -0.25) is 0 Å². The van der Waals surface area contributed by atoms with Gasteiger partial charge in [0.15, 0.2) is 0 Å². The summed E-state index contributed by atoms with van der Waals surface area (Å²) in [6.07, 6.45) is 8.17. The number of nitrogens with zero attached hydrogens (tertiary/aromatic N) is 1. The van der Waals surface area contributed by atoms with Crippen LogP contribution in [0.4, 0.5) is 0 Å². The molecule has 2 rings (SSSR count). The van der Waals surface area contributed by atoms with Gasteiger partial charge < -0.3 is 10.7 Å². The number of aromatic nitrogens is 2. The zero-order valence-corrected chi connectivity index (χ0v) is 9.01. The van der Waals surface area contributed by atoms with Gasteiger partial charge in [-0.15, -0.1) is 0 Å². The fraction of sp³-hybridized carbons (Fsp3) is 0.727. The maximum absolute atomic E-state index is 6.41. The van der Waals surface area contributed by atoms with Crippen molar-refractivity contribution >= 4 is 0 Å². The second kappa shape index (κ2) is 3.09. The summed E-state index contributed by atoms with van der Waals surface area (Å²) >= 11 is 0. The van der Waals surface area contributed by atoms with Crippen molar-refractivity contribution < 1.29 is 0 Å². The Morgan fingerprint density at radius 1 is 1.43 bits per heavy atom. The molecule has 1 atom stereocenters. The Bertz CT molecular complexity index is 302. The Morgan fingerprint density at radius 2 is 2.21 bits per heavy atom. The van der Waals surface area contributed by atoms with Crippen molar-refractivity contribution in [1.82, 2.24) is 9.97 Å². The Morgan fingerprint density at radius 3 is 2.79 bits per heavy atom. The molecular formula is C11H19N3. The molecule has 1 aromatic heterocycles. The average molecular weight is 193 g/mol. The van der Waals surface area contributed by atoms with E-state index >= 15 is 0 Å². The van der Waals surface area contributed by atoms with Crippen LogP contribution < -0.4 is 5.73 Å². The molecule has 1 heterocycles. The van der Waals surface area contributed by atoms with Crippen LogP contribution in [0.3, 0.4) is 0 Å². The standard InChI is InChI=1S/C11H19N3/c1-10(2)4-3-5-11(12,8-10)9-13-6-7-14-9/h6-7H,3-5,8,12H2,1-2H3,(H,13,14)/t11-/m1/s1. The van der Waals surface area contributed by atoms with Crippen LogP contribution in [0.2, 0.25) is 0 Å². The summed E-state index contributed by atoms with van der Waals surface area (Å²) in [7, 11) is 0. The van der Waals surface area contributed by atoms with E-state index in [1.165, 1.54) is 12.8 Å². The molecule has 78 valence electrons. The zero-order valence-electron chi connectivity index (χ0n) is 9.01. The van der Waals surface area contributed by atoms with Crippen LogP contribution in [0.25, 0.3) is 0 Å². The Kier molecular flexibility index (Phi) is 2.14. The van der Waals surface area contributed by atoms with Crippen LogP contribution in [-0.2, 0) is 5.54 Å². The molecular weight excluding hydrogens is 174 g/mol. The normalized spacial score (nSPS) is 31.6. The Hall–Kier alpha value is -0.830. The molecule has 1 aliphatic carbocycles. The summed E-state index contributed by atoms with van der Waals surface area (Å²) in [5.74, 6) is 0.949. The van der Waals surface area contributed by atoms with E-state index in [0.717, 1.165) is 18.7 Å². The molecule has 0 unspecified atom stereocenters. The van der Waals surface area contributed by atoms with Gasteiger partial charge in [-0.2, -0.15) is 0 Å². The van der Waals surface area contributed by atoms with Crippen LogP contribution in [0.15, 0.2) is 12.4 Å². The number of hydrogen-bond donors (Lipinski definition) is 2. The van der Waals surface area contributed by atoms with Gasteiger partial charge in [0.05, 0.1) is 5.54 Å². The molecule has 0 saturated heterocycles. The summed E-state index contributed by atoms with van der Waals surface area (Å²) in [5, 5.41) is 0. The van der Waals surface area contributed by atoms with Crippen molar-refractivity contribution in [3.8, 4) is 0 Å². The molecule has 3 N–H and O–H groups in total. The molecule has 1 aliphatic rings. The van der Waals surface area contributed by atoms with E-state index in [4.69, 9.17) is 5.73 Å². The van der Waals surface area contributed by atoms with Crippen LogP contribution in [0.5, 0.6) is 0 Å². The van der Waals surface area contributed by atoms with E-state index in [1.54, 1.807) is 6.20 Å². The molecule has 0 spiro atoms. The fourth-order valence-corrected chi connectivity index (χ4v) is 2.65. The molecule has 1 saturated carbocycles. The van der Waals surface area contributed by atoms with E-state index < -0.39 is 0 Å². The second-order valence-electron chi connectivity index (χ2n) is 5.29. The van der Waals surface area contributed by atoms with E-state index in [9.17, 15) is 0 Å². The number of nitrogens with two attached hydrogens (primary N) is 1. The van der Waals surface area contributed by atoms with Crippen LogP contribution in [0.1, 0.15) is 45.4 Å². The van der Waals surface area contributed by atoms with Gasteiger partial charge in [-0.1, -0.05) is 20.3 Å². The highest BCUT2D eigenvalue weighted by Gasteiger charge is 2.39. The number of rotatable bonds is 1. The minimum Gasteiger partial charge on any atom is -0.347 e. The Labute approximate surface area is 85.1 Å². The summed E-state index contributed by atoms with van der Waals surface area (Å²) in [6, 6.07) is 0. The maximum Gasteiger partial charge on any atom is 0.126 e. The van der Waals surface area contributed by atoms with E-state index in [2.05, 4.69) is 23.8 Å². The van der Waals surface area contributed by atoms with Crippen LogP contribution >= 0.6 is 0 Å². The molecule has 1 fully saturated rings. The van der Waals surface area contributed by atoms with Gasteiger partial charge in [0, 0.05) is 12.4 Å². The minimum atomic E-state index is -0.231. The quantitative estimate of drug-likeness (QED) is 0.718. The molecule has 0 aromatic carbocycles. The number of imidazole rings is 1. The molecule has 0 aliphatic heterocycles. The average Bonchev–Trinajstić information content (AvgIpc) is 2.52. The largest absolute Gasteiger partial charge is 0.347 e. The first-order valence-corrected chi connectivity index (χ1v) is 5.31. The molecule has 1 aromatic rings. The maximum atomic E-state index is 6.41. The Balaban J connectivity index is 2.24. The van der Waals surface area contributed by atoms with Gasteiger partial charge >= 0.3 is 0 Å². The summed E-state index contributed by atoms with van der Waals surface area (Å²) in [6.45, 7) is 4.58. The fourth-order valence-electron chi connectivity index (χ4n) is 2.65. The molecule has 0 radical (unpaired) electrons. The number of H-pyrrole nitrogens is 1. The van der Waals surface area contributed by atoms with E-state index in [0.29, 0.717) is 5.41 Å². The van der Waals surface area contributed by atoms with Gasteiger partial charge in [-0.25, -0.2) is 4.98 Å². The molecule has 0 amide bonds. The van der Waals surface area contributed by atoms with Gasteiger partial charge in [-0.05, 0) is 24.7 Å². The lowest BCUT2D eigenvalue weighted by Gasteiger charge is -2.41. The van der Waals surface area contributed by atoms with Crippen LogP contribution in [-0.4, -0.2) is 9.97 Å². The monoisotopic (exact) mass is 193 g/mol. The topological polar surface area (TPSA) is 54.7 Å². The van der Waals surface area contributed by atoms with Crippen molar-refractivity contribution in [2.75, 3.05) is 0 Å². The lowest BCUT2D eigenvalue weighted by Crippen LogP contribution is -2.45. The lowest BCUT2D eigenvalue weighted by atomic mass is 9.68. The molecule has 3 heteroatoms. The predicted molar refractivity (Wildman–Crippen MR) is 56.7 cm³/mol. The SMILES string of the molecule is CC1(C)CCC[C@](N)(c2ncc[nH]2)C1. The van der Waals surface area contributed by atoms with Gasteiger partial charge in [0.25, 0.3) is 0 Å². The highest BCUT2D eigenvalue weighted by atomic mass is 15.0. The van der Waals surface area contributed by atoms with Crippen molar-refractivity contribution in [2.24, 2.45) is 11.1 Å². The van der Waals surface area contributed by atoms with Crippen molar-refractivity contribution in [3.05, 3.63) is 18.2 Å². The highest BCUT2D eigenvalue weighted by Crippen LogP contribution is 2.43. The van der Waals surface area contributed by atoms with Crippen molar-refractivity contribution in [2.45, 2.75) is 45.1 Å². The lowest BCUT2D eigenvalue weighted by molar-refractivity contribution is 0.145. The third kappa shape index (κ3) is 1.69. The van der Waals surface area contributed by atoms with Crippen molar-refractivity contribution in [1.29, 1.82) is 0 Å². The number of nitrogens with one attached hydrogen (secondary N) is 1. The van der Waals surface area contributed by atoms with E-state index in [-0.39, 0.29) is 5.54 Å². The second-order valence-corrected chi connectivity index (χ2v) is 5.29. The highest BCUT2D eigenvalue weighted by molar-refractivity contribution is 5.08. The van der Waals surface area contributed by atoms with E-state index in [1.807, 2.05) is 6.20 Å². The molecule has 3 nitrogen and oxygen atoms in total. The third-order valence-electron chi connectivity index (χ3n) is 3.24. The smallest absolute Gasteiger partial charge is 0.126 e. The first-order valence-electron chi connectivity index (χ1n) is 5.31. The molecule has 0 bridgehead atoms. The van der Waals surface area contributed by atoms with Gasteiger partial charge in [0.1, 0.15) is 5.82 Å². The van der Waals surface area contributed by atoms with Crippen LogP contribution in [0, 0.1) is 5.41 Å². The van der Waals surface area contributed by atoms with Crippen molar-refractivity contribution in [3.63, 3.8) is 0 Å².